The van der Waals surface area contributed by atoms with Crippen LogP contribution in [0.15, 0.2) is 79.3 Å². The van der Waals surface area contributed by atoms with Crippen LogP contribution in [0.25, 0.3) is 5.82 Å². The summed E-state index contributed by atoms with van der Waals surface area (Å²) in [4.78, 5) is 11.4. The number of ether oxygens (including phenoxy) is 2. The molecule has 184 valence electrons. The predicted octanol–water partition coefficient (Wildman–Crippen LogP) is 5.43. The van der Waals surface area contributed by atoms with Gasteiger partial charge in [0.05, 0.1) is 23.4 Å². The normalized spacial score (nSPS) is 17.3. The van der Waals surface area contributed by atoms with E-state index in [4.69, 9.17) is 33.3 Å². The Balaban J connectivity index is 1.58. The molecule has 0 spiro atoms. The number of pyridine rings is 2. The lowest BCUT2D eigenvalue weighted by atomic mass is 10.0. The van der Waals surface area contributed by atoms with Gasteiger partial charge in [-0.25, -0.2) is 4.98 Å². The molecule has 0 radical (unpaired) electrons. The van der Waals surface area contributed by atoms with Crippen molar-refractivity contribution >= 4 is 34.6 Å². The Labute approximate surface area is 220 Å². The van der Waals surface area contributed by atoms with Gasteiger partial charge >= 0.3 is 0 Å². The summed E-state index contributed by atoms with van der Waals surface area (Å²) >= 11 is 12.5. The zero-order valence-electron chi connectivity index (χ0n) is 20.0. The lowest BCUT2D eigenvalue weighted by Crippen LogP contribution is -2.30. The number of aryl methyl sites for hydroxylation is 1. The van der Waals surface area contributed by atoms with E-state index in [-0.39, 0.29) is 12.1 Å². The summed E-state index contributed by atoms with van der Waals surface area (Å²) in [5.41, 5.74) is 3.87. The summed E-state index contributed by atoms with van der Waals surface area (Å²) in [5.74, 6) is 1.43. The quantitative estimate of drug-likeness (QED) is 0.246. The molecule has 9 heteroatoms. The summed E-state index contributed by atoms with van der Waals surface area (Å²) in [6.45, 7) is 2.93. The number of methoxy groups -OCH3 is 1. The second kappa shape index (κ2) is 10.7. The maximum Gasteiger partial charge on any atom is 0.174 e. The van der Waals surface area contributed by atoms with Crippen LogP contribution in [-0.4, -0.2) is 40.0 Å². The van der Waals surface area contributed by atoms with Gasteiger partial charge in [-0.1, -0.05) is 23.7 Å². The SMILES string of the molecule is COCCOc1ccc(N2C(=S)NC(c3ccccn3)C2c2cccn2-c2ccc(C)cn2)cc1Cl. The standard InChI is InChI=1S/C27H26ClN5O2S/c1-18-8-11-24(30-17-18)32-13-5-7-22(32)26-25(21-6-3-4-12-29-21)31-27(36)33(26)19-9-10-23(20(28)16-19)35-15-14-34-2/h3-13,16-17,25-26H,14-15H2,1-2H3,(H,31,36). The first-order chi connectivity index (χ1) is 17.6. The zero-order chi connectivity index (χ0) is 25.1. The van der Waals surface area contributed by atoms with Gasteiger partial charge < -0.3 is 24.3 Å². The Hall–Kier alpha value is -3.46. The molecule has 3 aromatic heterocycles. The van der Waals surface area contributed by atoms with Crippen LogP contribution in [0.1, 0.15) is 29.0 Å². The van der Waals surface area contributed by atoms with Crippen molar-refractivity contribution in [3.05, 3.63) is 101 Å². The van der Waals surface area contributed by atoms with Crippen LogP contribution >= 0.6 is 23.8 Å². The second-order valence-electron chi connectivity index (χ2n) is 8.45. The fourth-order valence-corrected chi connectivity index (χ4v) is 4.95. The average Bonchev–Trinajstić information content (AvgIpc) is 3.50. The third-order valence-electron chi connectivity index (χ3n) is 6.06. The van der Waals surface area contributed by atoms with E-state index in [9.17, 15) is 0 Å². The van der Waals surface area contributed by atoms with Crippen molar-refractivity contribution in [2.75, 3.05) is 25.2 Å². The minimum Gasteiger partial charge on any atom is -0.490 e. The minimum atomic E-state index is -0.207. The van der Waals surface area contributed by atoms with Crippen LogP contribution < -0.4 is 15.0 Å². The molecule has 1 aromatic carbocycles. The van der Waals surface area contributed by atoms with Crippen molar-refractivity contribution < 1.29 is 9.47 Å². The molecule has 0 bridgehead atoms. The Kier molecular flexibility index (Phi) is 7.18. The molecule has 1 aliphatic rings. The van der Waals surface area contributed by atoms with Gasteiger partial charge in [0.15, 0.2) is 5.11 Å². The Morgan fingerprint density at radius 2 is 1.94 bits per heavy atom. The summed E-state index contributed by atoms with van der Waals surface area (Å²) in [6.07, 6.45) is 5.68. The number of anilines is 1. The maximum atomic E-state index is 6.62. The van der Waals surface area contributed by atoms with Gasteiger partial charge in [0, 0.05) is 37.1 Å². The molecule has 4 heterocycles. The van der Waals surface area contributed by atoms with Crippen LogP contribution in [0.3, 0.4) is 0 Å². The molecular formula is C27H26ClN5O2S. The Morgan fingerprint density at radius 3 is 2.67 bits per heavy atom. The fourth-order valence-electron chi connectivity index (χ4n) is 4.37. The smallest absolute Gasteiger partial charge is 0.174 e. The van der Waals surface area contributed by atoms with Gasteiger partial charge in [0.2, 0.25) is 0 Å². The molecule has 0 aliphatic carbocycles. The van der Waals surface area contributed by atoms with Crippen molar-refractivity contribution in [2.45, 2.75) is 19.0 Å². The molecule has 2 atom stereocenters. The molecule has 4 aromatic rings. The lowest BCUT2D eigenvalue weighted by molar-refractivity contribution is 0.146. The first-order valence-corrected chi connectivity index (χ1v) is 12.4. The molecule has 1 aliphatic heterocycles. The number of nitrogens with one attached hydrogen (secondary N) is 1. The first-order valence-electron chi connectivity index (χ1n) is 11.6. The van der Waals surface area contributed by atoms with E-state index in [2.05, 4.69) is 36.9 Å². The van der Waals surface area contributed by atoms with Crippen LogP contribution in [0, 0.1) is 6.92 Å². The van der Waals surface area contributed by atoms with E-state index < -0.39 is 0 Å². The van der Waals surface area contributed by atoms with E-state index in [1.165, 1.54) is 0 Å². The predicted molar refractivity (Wildman–Crippen MR) is 145 cm³/mol. The number of aromatic nitrogens is 3. The number of hydrogen-bond acceptors (Lipinski definition) is 5. The molecular weight excluding hydrogens is 494 g/mol. The van der Waals surface area contributed by atoms with Gasteiger partial charge in [-0.05, 0) is 73.2 Å². The Morgan fingerprint density at radius 1 is 1.06 bits per heavy atom. The summed E-state index contributed by atoms with van der Waals surface area (Å²) < 4.78 is 12.9. The fraction of sp³-hybridized carbons (Fsp3) is 0.222. The highest BCUT2D eigenvalue weighted by Gasteiger charge is 2.42. The third kappa shape index (κ3) is 4.80. The van der Waals surface area contributed by atoms with Crippen LogP contribution in [0.5, 0.6) is 5.75 Å². The van der Waals surface area contributed by atoms with Crippen molar-refractivity contribution in [1.29, 1.82) is 0 Å². The monoisotopic (exact) mass is 519 g/mol. The van der Waals surface area contributed by atoms with E-state index in [0.29, 0.717) is 29.1 Å². The highest BCUT2D eigenvalue weighted by molar-refractivity contribution is 7.80. The summed E-state index contributed by atoms with van der Waals surface area (Å²) in [5, 5.41) is 4.58. The minimum absolute atomic E-state index is 0.186. The molecule has 0 saturated carbocycles. The van der Waals surface area contributed by atoms with Gasteiger partial charge in [0.25, 0.3) is 0 Å². The summed E-state index contributed by atoms with van der Waals surface area (Å²) in [6, 6.07) is 19.4. The van der Waals surface area contributed by atoms with Crippen molar-refractivity contribution in [3.8, 4) is 11.6 Å². The van der Waals surface area contributed by atoms with Crippen molar-refractivity contribution in [1.82, 2.24) is 19.9 Å². The van der Waals surface area contributed by atoms with Crippen molar-refractivity contribution in [2.24, 2.45) is 0 Å². The van der Waals surface area contributed by atoms with E-state index in [0.717, 1.165) is 28.5 Å². The highest BCUT2D eigenvalue weighted by atomic mass is 35.5. The first kappa shape index (κ1) is 24.2. The number of halogens is 1. The molecule has 7 nitrogen and oxygen atoms in total. The van der Waals surface area contributed by atoms with Gasteiger partial charge in [-0.3, -0.25) is 4.98 Å². The summed E-state index contributed by atoms with van der Waals surface area (Å²) in [7, 11) is 1.63. The highest BCUT2D eigenvalue weighted by Crippen LogP contribution is 2.43. The second-order valence-corrected chi connectivity index (χ2v) is 9.24. The number of nitrogens with zero attached hydrogens (tertiary/aromatic N) is 4. The van der Waals surface area contributed by atoms with E-state index >= 15 is 0 Å². The molecule has 5 rings (SSSR count). The maximum absolute atomic E-state index is 6.62. The van der Waals surface area contributed by atoms with Crippen LogP contribution in [0.4, 0.5) is 5.69 Å². The molecule has 1 saturated heterocycles. The van der Waals surface area contributed by atoms with Gasteiger partial charge in [-0.2, -0.15) is 0 Å². The topological polar surface area (TPSA) is 64.4 Å². The number of thiocarbonyl (C=S) groups is 1. The molecule has 0 amide bonds. The molecule has 1 fully saturated rings. The average molecular weight is 520 g/mol. The lowest BCUT2D eigenvalue weighted by Gasteiger charge is -2.29. The molecule has 1 N–H and O–H groups in total. The Bertz CT molecular complexity index is 1350. The number of rotatable bonds is 8. The molecule has 2 unspecified atom stereocenters. The largest absolute Gasteiger partial charge is 0.490 e. The number of hydrogen-bond donors (Lipinski definition) is 1. The van der Waals surface area contributed by atoms with Gasteiger partial charge in [0.1, 0.15) is 24.2 Å². The van der Waals surface area contributed by atoms with Crippen LogP contribution in [0.2, 0.25) is 5.02 Å². The zero-order valence-corrected chi connectivity index (χ0v) is 21.5. The van der Waals surface area contributed by atoms with E-state index in [1.54, 1.807) is 13.3 Å². The molecule has 36 heavy (non-hydrogen) atoms. The van der Waals surface area contributed by atoms with Gasteiger partial charge in [-0.15, -0.1) is 0 Å². The van der Waals surface area contributed by atoms with E-state index in [1.807, 2.05) is 67.8 Å². The van der Waals surface area contributed by atoms with Crippen molar-refractivity contribution in [3.63, 3.8) is 0 Å². The number of benzene rings is 1. The third-order valence-corrected chi connectivity index (χ3v) is 6.67. The van der Waals surface area contributed by atoms with Crippen LogP contribution in [-0.2, 0) is 4.74 Å².